The van der Waals surface area contributed by atoms with Crippen LogP contribution >= 0.6 is 23.2 Å². The lowest BCUT2D eigenvalue weighted by atomic mass is 10.1. The van der Waals surface area contributed by atoms with Gasteiger partial charge in [0.05, 0.1) is 37.1 Å². The zero-order valence-corrected chi connectivity index (χ0v) is 19.3. The first kappa shape index (κ1) is 25.1. The predicted octanol–water partition coefficient (Wildman–Crippen LogP) is 3.32. The second-order valence-corrected chi connectivity index (χ2v) is 7.10. The number of hydrogen-bond acceptors (Lipinski definition) is 7. The van der Waals surface area contributed by atoms with Crippen LogP contribution in [0.3, 0.4) is 0 Å². The number of amides is 2. The largest absolute Gasteiger partial charge is 0.493 e. The van der Waals surface area contributed by atoms with E-state index in [2.05, 4.69) is 10.6 Å². The van der Waals surface area contributed by atoms with E-state index in [1.54, 1.807) is 18.2 Å². The van der Waals surface area contributed by atoms with E-state index >= 15 is 0 Å². The number of rotatable bonds is 9. The third kappa shape index (κ3) is 6.18. The molecule has 2 aromatic carbocycles. The molecule has 2 amide bonds. The molecule has 2 aromatic rings. The highest BCUT2D eigenvalue weighted by molar-refractivity contribution is 6.44. The lowest BCUT2D eigenvalue weighted by Crippen LogP contribution is -2.35. The van der Waals surface area contributed by atoms with Crippen LogP contribution in [0, 0.1) is 0 Å². The molecule has 0 aliphatic carbocycles. The average molecular weight is 485 g/mol. The van der Waals surface area contributed by atoms with Crippen LogP contribution in [0.1, 0.15) is 17.3 Å². The number of halogens is 2. The second-order valence-electron chi connectivity index (χ2n) is 6.32. The summed E-state index contributed by atoms with van der Waals surface area (Å²) in [6.07, 6.45) is -1.14. The van der Waals surface area contributed by atoms with Crippen molar-refractivity contribution in [2.24, 2.45) is 0 Å². The SMILES string of the molecule is COc1cc(C(=O)NCC(=O)OC(C)C(=O)Nc2cccc(Cl)c2Cl)cc(OC)c1OC. The standard InChI is InChI=1S/C21H22Cl2N2O7/c1-11(20(27)25-14-7-5-6-13(22)18(14)23)32-17(26)10-24-21(28)12-8-15(29-2)19(31-4)16(9-12)30-3/h5-9,11H,10H2,1-4H3,(H,24,28)(H,25,27). The van der Waals surface area contributed by atoms with Crippen molar-refractivity contribution in [2.75, 3.05) is 33.2 Å². The fourth-order valence-electron chi connectivity index (χ4n) is 2.59. The maximum Gasteiger partial charge on any atom is 0.326 e. The number of hydrogen-bond donors (Lipinski definition) is 2. The van der Waals surface area contributed by atoms with E-state index in [-0.39, 0.29) is 32.8 Å². The summed E-state index contributed by atoms with van der Waals surface area (Å²) in [7, 11) is 4.27. The van der Waals surface area contributed by atoms with Crippen molar-refractivity contribution < 1.29 is 33.3 Å². The first-order valence-electron chi connectivity index (χ1n) is 9.24. The lowest BCUT2D eigenvalue weighted by Gasteiger charge is -2.15. The zero-order valence-electron chi connectivity index (χ0n) is 17.8. The van der Waals surface area contributed by atoms with Crippen molar-refractivity contribution in [2.45, 2.75) is 13.0 Å². The van der Waals surface area contributed by atoms with Crippen molar-refractivity contribution in [1.29, 1.82) is 0 Å². The monoisotopic (exact) mass is 484 g/mol. The first-order chi connectivity index (χ1) is 15.2. The number of benzene rings is 2. The quantitative estimate of drug-likeness (QED) is 0.524. The molecule has 0 saturated heterocycles. The van der Waals surface area contributed by atoms with Crippen LogP contribution in [0.2, 0.25) is 10.0 Å². The van der Waals surface area contributed by atoms with Crippen molar-refractivity contribution in [3.8, 4) is 17.2 Å². The number of ether oxygens (including phenoxy) is 4. The number of nitrogens with one attached hydrogen (secondary N) is 2. The number of carbonyl (C=O) groups is 3. The van der Waals surface area contributed by atoms with Gasteiger partial charge in [0.15, 0.2) is 17.6 Å². The highest BCUT2D eigenvalue weighted by Crippen LogP contribution is 2.38. The van der Waals surface area contributed by atoms with Gasteiger partial charge in [0.2, 0.25) is 5.75 Å². The fourth-order valence-corrected chi connectivity index (χ4v) is 2.94. The molecule has 0 aliphatic rings. The van der Waals surface area contributed by atoms with Crippen LogP contribution in [-0.2, 0) is 14.3 Å². The Kier molecular flexibility index (Phi) is 8.98. The maximum atomic E-state index is 12.4. The topological polar surface area (TPSA) is 112 Å². The molecule has 0 fully saturated rings. The van der Waals surface area contributed by atoms with Gasteiger partial charge in [0, 0.05) is 5.56 Å². The van der Waals surface area contributed by atoms with E-state index in [4.69, 9.17) is 42.1 Å². The van der Waals surface area contributed by atoms with Gasteiger partial charge < -0.3 is 29.6 Å². The van der Waals surface area contributed by atoms with Crippen LogP contribution < -0.4 is 24.8 Å². The summed E-state index contributed by atoms with van der Waals surface area (Å²) in [5.41, 5.74) is 0.455. The Balaban J connectivity index is 1.95. The summed E-state index contributed by atoms with van der Waals surface area (Å²) in [4.78, 5) is 36.8. The molecule has 1 atom stereocenters. The highest BCUT2D eigenvalue weighted by atomic mass is 35.5. The van der Waals surface area contributed by atoms with Crippen LogP contribution in [0.25, 0.3) is 0 Å². The molecule has 32 heavy (non-hydrogen) atoms. The van der Waals surface area contributed by atoms with E-state index in [1.807, 2.05) is 0 Å². The van der Waals surface area contributed by atoms with Crippen molar-refractivity contribution >= 4 is 46.7 Å². The van der Waals surface area contributed by atoms with Gasteiger partial charge in [-0.2, -0.15) is 0 Å². The smallest absolute Gasteiger partial charge is 0.326 e. The molecule has 0 radical (unpaired) electrons. The molecule has 1 unspecified atom stereocenters. The molecule has 0 heterocycles. The predicted molar refractivity (Wildman–Crippen MR) is 119 cm³/mol. The van der Waals surface area contributed by atoms with Gasteiger partial charge in [-0.25, -0.2) is 0 Å². The molecule has 0 saturated carbocycles. The van der Waals surface area contributed by atoms with Gasteiger partial charge >= 0.3 is 5.97 Å². The molecular formula is C21H22Cl2N2O7. The summed E-state index contributed by atoms with van der Waals surface area (Å²) in [6, 6.07) is 7.61. The summed E-state index contributed by atoms with van der Waals surface area (Å²) in [5.74, 6) is -1.12. The van der Waals surface area contributed by atoms with Crippen LogP contribution in [0.5, 0.6) is 17.2 Å². The number of anilines is 1. The molecule has 0 aliphatic heterocycles. The molecule has 9 nitrogen and oxygen atoms in total. The van der Waals surface area contributed by atoms with E-state index in [9.17, 15) is 14.4 Å². The van der Waals surface area contributed by atoms with Crippen LogP contribution in [0.4, 0.5) is 5.69 Å². The second kappa shape index (κ2) is 11.4. The number of esters is 1. The molecule has 0 bridgehead atoms. The Morgan fingerprint density at radius 2 is 1.62 bits per heavy atom. The van der Waals surface area contributed by atoms with E-state index in [1.165, 1.54) is 40.4 Å². The van der Waals surface area contributed by atoms with Crippen LogP contribution in [-0.4, -0.2) is 51.8 Å². The summed E-state index contributed by atoms with van der Waals surface area (Å²) < 4.78 is 20.7. The van der Waals surface area contributed by atoms with Gasteiger partial charge in [-0.3, -0.25) is 14.4 Å². The number of methoxy groups -OCH3 is 3. The highest BCUT2D eigenvalue weighted by Gasteiger charge is 2.21. The molecule has 2 rings (SSSR count). The van der Waals surface area contributed by atoms with Gasteiger partial charge in [-0.15, -0.1) is 0 Å². The van der Waals surface area contributed by atoms with Crippen molar-refractivity contribution in [1.82, 2.24) is 5.32 Å². The van der Waals surface area contributed by atoms with Crippen molar-refractivity contribution in [3.05, 3.63) is 45.9 Å². The van der Waals surface area contributed by atoms with Gasteiger partial charge in [-0.1, -0.05) is 29.3 Å². The average Bonchev–Trinajstić information content (AvgIpc) is 2.79. The van der Waals surface area contributed by atoms with Gasteiger partial charge in [0.25, 0.3) is 11.8 Å². The van der Waals surface area contributed by atoms with Crippen LogP contribution in [0.15, 0.2) is 30.3 Å². The van der Waals surface area contributed by atoms with E-state index in [0.29, 0.717) is 5.75 Å². The molecule has 11 heteroatoms. The molecule has 2 N–H and O–H groups in total. The number of carbonyl (C=O) groups excluding carboxylic acids is 3. The minimum absolute atomic E-state index is 0.165. The minimum Gasteiger partial charge on any atom is -0.493 e. The zero-order chi connectivity index (χ0) is 23.8. The molecule has 0 spiro atoms. The third-order valence-electron chi connectivity index (χ3n) is 4.21. The van der Waals surface area contributed by atoms with E-state index < -0.39 is 30.4 Å². The Morgan fingerprint density at radius 3 is 2.19 bits per heavy atom. The Hall–Kier alpha value is -3.17. The third-order valence-corrected chi connectivity index (χ3v) is 5.03. The fraction of sp³-hybridized carbons (Fsp3) is 0.286. The van der Waals surface area contributed by atoms with E-state index in [0.717, 1.165) is 0 Å². The van der Waals surface area contributed by atoms with Gasteiger partial charge in [0.1, 0.15) is 6.54 Å². The Bertz CT molecular complexity index is 989. The minimum atomic E-state index is -1.14. The molecule has 172 valence electrons. The Morgan fingerprint density at radius 1 is 1.00 bits per heavy atom. The summed E-state index contributed by atoms with van der Waals surface area (Å²) >= 11 is 11.9. The Labute approximate surface area is 194 Å². The van der Waals surface area contributed by atoms with Crippen molar-refractivity contribution in [3.63, 3.8) is 0 Å². The molecular weight excluding hydrogens is 463 g/mol. The first-order valence-corrected chi connectivity index (χ1v) is 10.00. The molecule has 0 aromatic heterocycles. The van der Waals surface area contributed by atoms with Gasteiger partial charge in [-0.05, 0) is 31.2 Å². The summed E-state index contributed by atoms with van der Waals surface area (Å²) in [6.45, 7) is 0.914. The summed E-state index contributed by atoms with van der Waals surface area (Å²) in [5, 5.41) is 5.37. The normalized spacial score (nSPS) is 11.2. The maximum absolute atomic E-state index is 12.4. The lowest BCUT2D eigenvalue weighted by molar-refractivity contribution is -0.152.